The predicted octanol–water partition coefficient (Wildman–Crippen LogP) is 4.54. The van der Waals surface area contributed by atoms with Gasteiger partial charge < -0.3 is 20.7 Å². The van der Waals surface area contributed by atoms with E-state index in [1.807, 2.05) is 32.9 Å². The molecule has 0 saturated heterocycles. The normalized spacial score (nSPS) is 18.6. The zero-order valence-electron chi connectivity index (χ0n) is 20.1. The van der Waals surface area contributed by atoms with Crippen LogP contribution in [-0.4, -0.2) is 48.3 Å². The first-order chi connectivity index (χ1) is 15.2. The van der Waals surface area contributed by atoms with Crippen molar-refractivity contribution in [3.8, 4) is 0 Å². The lowest BCUT2D eigenvalue weighted by Crippen LogP contribution is -2.48. The summed E-state index contributed by atoms with van der Waals surface area (Å²) in [6, 6.07) is 7.23. The minimum absolute atomic E-state index is 0. The highest BCUT2D eigenvalue weighted by Crippen LogP contribution is 2.19. The number of hydrogen-bond donors (Lipinski definition) is 3. The molecule has 0 spiro atoms. The Labute approximate surface area is 213 Å². The predicted molar refractivity (Wildman–Crippen MR) is 141 cm³/mol. The molecule has 0 heterocycles. The molecule has 1 aliphatic rings. The van der Waals surface area contributed by atoms with Crippen molar-refractivity contribution in [2.24, 2.45) is 4.99 Å². The number of halogens is 1. The maximum absolute atomic E-state index is 11.9. The average molecular weight is 575 g/mol. The average Bonchev–Trinajstić information content (AvgIpc) is 2.73. The summed E-state index contributed by atoms with van der Waals surface area (Å²) in [5.74, 6) is 0.795. The highest BCUT2D eigenvalue weighted by molar-refractivity contribution is 14.0. The number of aliphatic imine (C=N–C) groups is 1. The van der Waals surface area contributed by atoms with Crippen LogP contribution in [-0.2, 0) is 11.2 Å². The van der Waals surface area contributed by atoms with Crippen LogP contribution in [0.5, 0.6) is 0 Å². The fraction of sp³-hybridized carbons (Fsp3) is 0.652. The van der Waals surface area contributed by atoms with E-state index in [-0.39, 0.29) is 46.7 Å². The number of nitro groups is 1. The Bertz CT molecular complexity index is 772. The summed E-state index contributed by atoms with van der Waals surface area (Å²) in [6.45, 7) is 6.40. The Hall–Kier alpha value is -2.11. The topological polar surface area (TPSA) is 118 Å². The third kappa shape index (κ3) is 11.5. The van der Waals surface area contributed by atoms with Gasteiger partial charge in [-0.05, 0) is 71.3 Å². The Morgan fingerprint density at radius 1 is 1.09 bits per heavy atom. The third-order valence-electron chi connectivity index (χ3n) is 5.34. The Balaban J connectivity index is 0.00000544. The summed E-state index contributed by atoms with van der Waals surface area (Å²) in [5.41, 5.74) is 0.748. The molecule has 0 aromatic heterocycles. The number of carbonyl (C=O) groups excluding carboxylic acids is 1. The molecule has 3 N–H and O–H groups in total. The van der Waals surface area contributed by atoms with Gasteiger partial charge in [0.15, 0.2) is 5.96 Å². The van der Waals surface area contributed by atoms with E-state index in [4.69, 9.17) is 4.74 Å². The number of non-ortho nitro benzene ring substituents is 1. The summed E-state index contributed by atoms with van der Waals surface area (Å²) in [5, 5.41) is 20.5. The monoisotopic (exact) mass is 575 g/mol. The van der Waals surface area contributed by atoms with Crippen LogP contribution in [0.4, 0.5) is 10.5 Å². The molecule has 9 nitrogen and oxygen atoms in total. The quantitative estimate of drug-likeness (QED) is 0.105. The third-order valence-corrected chi connectivity index (χ3v) is 5.34. The van der Waals surface area contributed by atoms with Crippen LogP contribution in [0.2, 0.25) is 0 Å². The molecule has 0 unspecified atom stereocenters. The van der Waals surface area contributed by atoms with Gasteiger partial charge in [0, 0.05) is 37.8 Å². The van der Waals surface area contributed by atoms with Crippen LogP contribution in [0.25, 0.3) is 0 Å². The van der Waals surface area contributed by atoms with Crippen molar-refractivity contribution in [3.63, 3.8) is 0 Å². The molecule has 1 saturated carbocycles. The van der Waals surface area contributed by atoms with Gasteiger partial charge in [-0.3, -0.25) is 15.1 Å². The largest absolute Gasteiger partial charge is 0.444 e. The van der Waals surface area contributed by atoms with Gasteiger partial charge in [-0.2, -0.15) is 0 Å². The molecule has 0 atom stereocenters. The molecule has 1 amide bonds. The van der Waals surface area contributed by atoms with Crippen molar-refractivity contribution >= 4 is 41.7 Å². The fourth-order valence-corrected chi connectivity index (χ4v) is 3.69. The molecule has 1 aromatic carbocycles. The van der Waals surface area contributed by atoms with Crippen molar-refractivity contribution in [2.45, 2.75) is 83.4 Å². The molecule has 186 valence electrons. The maximum atomic E-state index is 11.9. The van der Waals surface area contributed by atoms with Crippen LogP contribution in [0.1, 0.15) is 64.9 Å². The molecule has 33 heavy (non-hydrogen) atoms. The first-order valence-corrected chi connectivity index (χ1v) is 11.4. The lowest BCUT2D eigenvalue weighted by atomic mass is 9.91. The minimum Gasteiger partial charge on any atom is -0.444 e. The Kier molecular flexibility index (Phi) is 12.5. The number of ether oxygens (including phenoxy) is 1. The SMILES string of the molecule is CN=C(NCCCCc1ccc([N+](=O)[O-])cc1)NC1CCC(NC(=O)OC(C)(C)C)CC1.I. The standard InChI is InChI=1S/C23H37N5O4.HI/c1-23(2,3)32-22(29)27-19-12-10-18(11-13-19)26-21(24-4)25-16-6-5-7-17-8-14-20(15-9-17)28(30)31;/h8-9,14-15,18-19H,5-7,10-13,16H2,1-4H3,(H,27,29)(H2,24,25,26);1H. The fourth-order valence-electron chi connectivity index (χ4n) is 3.69. The van der Waals surface area contributed by atoms with Gasteiger partial charge in [0.25, 0.3) is 5.69 Å². The number of aryl methyl sites for hydroxylation is 1. The number of nitro benzene ring substituents is 1. The van der Waals surface area contributed by atoms with E-state index in [9.17, 15) is 14.9 Å². The molecular weight excluding hydrogens is 537 g/mol. The van der Waals surface area contributed by atoms with Crippen molar-refractivity contribution in [3.05, 3.63) is 39.9 Å². The van der Waals surface area contributed by atoms with Crippen LogP contribution < -0.4 is 16.0 Å². The van der Waals surface area contributed by atoms with Crippen LogP contribution in [0.3, 0.4) is 0 Å². The molecule has 2 rings (SSSR count). The number of unbranched alkanes of at least 4 members (excludes halogenated alkanes) is 1. The van der Waals surface area contributed by atoms with E-state index in [1.54, 1.807) is 19.2 Å². The van der Waals surface area contributed by atoms with Crippen molar-refractivity contribution < 1.29 is 14.5 Å². The van der Waals surface area contributed by atoms with E-state index >= 15 is 0 Å². The van der Waals surface area contributed by atoms with E-state index in [0.29, 0.717) is 6.04 Å². The van der Waals surface area contributed by atoms with E-state index < -0.39 is 5.60 Å². The number of carbonyl (C=O) groups is 1. The van der Waals surface area contributed by atoms with E-state index in [2.05, 4.69) is 20.9 Å². The summed E-state index contributed by atoms with van der Waals surface area (Å²) in [4.78, 5) is 26.6. The Morgan fingerprint density at radius 3 is 2.18 bits per heavy atom. The maximum Gasteiger partial charge on any atom is 0.407 e. The van der Waals surface area contributed by atoms with Crippen molar-refractivity contribution in [1.29, 1.82) is 0 Å². The van der Waals surface area contributed by atoms with Crippen molar-refractivity contribution in [1.82, 2.24) is 16.0 Å². The number of benzene rings is 1. The highest BCUT2D eigenvalue weighted by atomic mass is 127. The molecule has 10 heteroatoms. The summed E-state index contributed by atoms with van der Waals surface area (Å²) >= 11 is 0. The lowest BCUT2D eigenvalue weighted by Gasteiger charge is -2.31. The first-order valence-electron chi connectivity index (χ1n) is 11.4. The smallest absolute Gasteiger partial charge is 0.407 e. The van der Waals surface area contributed by atoms with E-state index in [0.717, 1.165) is 63.0 Å². The van der Waals surface area contributed by atoms with Crippen LogP contribution in [0.15, 0.2) is 29.3 Å². The van der Waals surface area contributed by atoms with Crippen LogP contribution >= 0.6 is 24.0 Å². The van der Waals surface area contributed by atoms with Gasteiger partial charge in [0.05, 0.1) is 4.92 Å². The Morgan fingerprint density at radius 2 is 1.67 bits per heavy atom. The molecule has 1 aromatic rings. The number of nitrogens with zero attached hydrogens (tertiary/aromatic N) is 2. The number of rotatable bonds is 8. The van der Waals surface area contributed by atoms with Crippen LogP contribution in [0, 0.1) is 10.1 Å². The molecule has 1 aliphatic carbocycles. The molecule has 0 bridgehead atoms. The number of nitrogens with one attached hydrogen (secondary N) is 3. The van der Waals surface area contributed by atoms with Gasteiger partial charge in [-0.15, -0.1) is 24.0 Å². The number of hydrogen-bond acceptors (Lipinski definition) is 5. The van der Waals surface area contributed by atoms with E-state index in [1.165, 1.54) is 0 Å². The molecule has 0 radical (unpaired) electrons. The highest BCUT2D eigenvalue weighted by Gasteiger charge is 2.25. The van der Waals surface area contributed by atoms with Gasteiger partial charge in [0.2, 0.25) is 0 Å². The second kappa shape index (κ2) is 14.2. The zero-order chi connectivity index (χ0) is 23.6. The first kappa shape index (κ1) is 28.9. The van der Waals surface area contributed by atoms with Gasteiger partial charge in [-0.25, -0.2) is 4.79 Å². The lowest BCUT2D eigenvalue weighted by molar-refractivity contribution is -0.384. The summed E-state index contributed by atoms with van der Waals surface area (Å²) < 4.78 is 5.33. The number of alkyl carbamates (subject to hydrolysis) is 1. The van der Waals surface area contributed by atoms with Gasteiger partial charge in [-0.1, -0.05) is 12.1 Å². The molecular formula is C23H38IN5O4. The minimum atomic E-state index is -0.483. The zero-order valence-corrected chi connectivity index (χ0v) is 22.4. The summed E-state index contributed by atoms with van der Waals surface area (Å²) in [6.07, 6.45) is 6.24. The van der Waals surface area contributed by atoms with Gasteiger partial charge in [0.1, 0.15) is 5.60 Å². The molecule has 0 aliphatic heterocycles. The number of amides is 1. The second-order valence-corrected chi connectivity index (χ2v) is 9.22. The number of guanidine groups is 1. The van der Waals surface area contributed by atoms with Crippen molar-refractivity contribution in [2.75, 3.05) is 13.6 Å². The summed E-state index contributed by atoms with van der Waals surface area (Å²) in [7, 11) is 1.77. The van der Waals surface area contributed by atoms with Gasteiger partial charge >= 0.3 is 6.09 Å². The molecule has 1 fully saturated rings. The second-order valence-electron chi connectivity index (χ2n) is 9.22.